The average molecular weight is 312 g/mol. The van der Waals surface area contributed by atoms with Crippen LogP contribution in [0.2, 0.25) is 6.32 Å². The molecule has 0 aromatic heterocycles. The Morgan fingerprint density at radius 1 is 1.35 bits per heavy atom. The fourth-order valence-corrected chi connectivity index (χ4v) is 3.79. The number of nitrogens with one attached hydrogen (secondary N) is 1. The number of unbranched alkanes of at least 4 members (excludes halogenated alkanes) is 1. The molecule has 0 amide bonds. The number of rotatable bonds is 8. The van der Waals surface area contributed by atoms with Crippen molar-refractivity contribution in [2.24, 2.45) is 11.7 Å². The van der Waals surface area contributed by atoms with Gasteiger partial charge in [0.05, 0.1) is 14.5 Å². The second-order valence-electron chi connectivity index (χ2n) is 7.54. The molecule has 23 heavy (non-hydrogen) atoms. The molecule has 0 spiro atoms. The van der Waals surface area contributed by atoms with Gasteiger partial charge in [0.25, 0.3) is 0 Å². The topological polar surface area (TPSA) is 47.3 Å². The third-order valence-corrected chi connectivity index (χ3v) is 5.59. The van der Waals surface area contributed by atoms with Crippen LogP contribution < -0.4 is 15.8 Å². The normalized spacial score (nSPS) is 25.3. The van der Waals surface area contributed by atoms with Crippen LogP contribution in [0.15, 0.2) is 18.2 Å². The van der Waals surface area contributed by atoms with Crippen LogP contribution >= 0.6 is 0 Å². The van der Waals surface area contributed by atoms with Crippen molar-refractivity contribution in [1.29, 1.82) is 0 Å². The molecule has 4 heteroatoms. The number of hydrogen-bond acceptors (Lipinski definition) is 3. The molecular weight excluding hydrogens is 283 g/mol. The summed E-state index contributed by atoms with van der Waals surface area (Å²) in [5, 5.41) is 3.68. The highest BCUT2D eigenvalue weighted by Crippen LogP contribution is 2.38. The summed E-state index contributed by atoms with van der Waals surface area (Å²) in [4.78, 5) is 0. The van der Waals surface area contributed by atoms with Crippen LogP contribution in [0, 0.1) is 5.92 Å². The molecule has 1 aromatic rings. The van der Waals surface area contributed by atoms with Crippen molar-refractivity contribution in [3.05, 3.63) is 29.3 Å². The summed E-state index contributed by atoms with van der Waals surface area (Å²) >= 11 is 0. The van der Waals surface area contributed by atoms with Gasteiger partial charge < -0.3 is 15.8 Å². The van der Waals surface area contributed by atoms with E-state index in [2.05, 4.69) is 30.4 Å². The second kappa shape index (κ2) is 7.27. The summed E-state index contributed by atoms with van der Waals surface area (Å²) < 4.78 is 5.56. The molecule has 1 saturated carbocycles. The number of fused-ring (bicyclic) bond motifs is 1. The van der Waals surface area contributed by atoms with Crippen LogP contribution in [0.1, 0.15) is 50.2 Å². The third-order valence-electron chi connectivity index (χ3n) is 5.59. The smallest absolute Gasteiger partial charge is 0.122 e. The molecule has 2 aliphatic rings. The molecule has 1 unspecified atom stereocenters. The molecule has 3 rings (SSSR count). The summed E-state index contributed by atoms with van der Waals surface area (Å²) in [6.45, 7) is 3.99. The summed E-state index contributed by atoms with van der Waals surface area (Å²) in [6.07, 6.45) is 7.54. The lowest BCUT2D eigenvalue weighted by atomic mass is 9.67. The molecule has 0 bridgehead atoms. The number of ether oxygens (including phenoxy) is 1. The number of nitrogens with two attached hydrogens (primary N) is 1. The van der Waals surface area contributed by atoms with Gasteiger partial charge in [-0.2, -0.15) is 0 Å². The fourth-order valence-electron chi connectivity index (χ4n) is 3.79. The maximum atomic E-state index is 6.51. The van der Waals surface area contributed by atoms with E-state index in [1.54, 1.807) is 0 Å². The molecule has 124 valence electrons. The Balaban J connectivity index is 1.40. The van der Waals surface area contributed by atoms with Crippen LogP contribution in [-0.2, 0) is 13.0 Å². The number of hydrogen-bond donors (Lipinski definition) is 2. The summed E-state index contributed by atoms with van der Waals surface area (Å²) in [5.74, 6) is 1.71. The van der Waals surface area contributed by atoms with Gasteiger partial charge in [-0.15, -0.1) is 0 Å². The van der Waals surface area contributed by atoms with Gasteiger partial charge in [-0.05, 0) is 49.3 Å². The lowest BCUT2D eigenvalue weighted by Gasteiger charge is -2.46. The molecular formula is C19H29BN2O. The van der Waals surface area contributed by atoms with E-state index in [0.717, 1.165) is 50.9 Å². The summed E-state index contributed by atoms with van der Waals surface area (Å²) in [7, 11) is 5.57. The van der Waals surface area contributed by atoms with Crippen LogP contribution in [0.5, 0.6) is 5.75 Å². The van der Waals surface area contributed by atoms with Gasteiger partial charge in [-0.3, -0.25) is 0 Å². The van der Waals surface area contributed by atoms with Gasteiger partial charge in [0.2, 0.25) is 0 Å². The highest BCUT2D eigenvalue weighted by Gasteiger charge is 2.39. The monoisotopic (exact) mass is 312 g/mol. The minimum atomic E-state index is -0.0295. The molecule has 1 heterocycles. The van der Waals surface area contributed by atoms with E-state index in [-0.39, 0.29) is 5.54 Å². The van der Waals surface area contributed by atoms with Gasteiger partial charge in [-0.25, -0.2) is 0 Å². The van der Waals surface area contributed by atoms with Crippen molar-refractivity contribution in [2.75, 3.05) is 6.61 Å². The zero-order chi connectivity index (χ0) is 16.3. The molecule has 1 atom stereocenters. The van der Waals surface area contributed by atoms with Crippen molar-refractivity contribution in [1.82, 2.24) is 5.32 Å². The lowest BCUT2D eigenvalue weighted by Crippen LogP contribution is -2.54. The van der Waals surface area contributed by atoms with Gasteiger partial charge >= 0.3 is 0 Å². The Kier molecular flexibility index (Phi) is 5.33. The van der Waals surface area contributed by atoms with Crippen LogP contribution in [-0.4, -0.2) is 26.0 Å². The minimum absolute atomic E-state index is 0.0295. The van der Waals surface area contributed by atoms with E-state index in [1.807, 2.05) is 0 Å². The molecule has 0 saturated heterocycles. The minimum Gasteiger partial charge on any atom is -0.493 e. The maximum absolute atomic E-state index is 6.51. The van der Waals surface area contributed by atoms with E-state index in [0.29, 0.717) is 12.0 Å². The van der Waals surface area contributed by atoms with Crippen molar-refractivity contribution >= 4 is 7.85 Å². The van der Waals surface area contributed by atoms with Crippen molar-refractivity contribution in [3.63, 3.8) is 0 Å². The van der Waals surface area contributed by atoms with E-state index in [1.165, 1.54) is 24.0 Å². The first-order valence-electron chi connectivity index (χ1n) is 9.05. The van der Waals surface area contributed by atoms with Crippen LogP contribution in [0.25, 0.3) is 0 Å². The predicted octanol–water partition coefficient (Wildman–Crippen LogP) is 2.96. The molecule has 2 radical (unpaired) electrons. The zero-order valence-corrected chi connectivity index (χ0v) is 14.3. The van der Waals surface area contributed by atoms with Crippen molar-refractivity contribution < 1.29 is 4.74 Å². The van der Waals surface area contributed by atoms with E-state index in [4.69, 9.17) is 18.3 Å². The highest BCUT2D eigenvalue weighted by atomic mass is 16.5. The zero-order valence-electron chi connectivity index (χ0n) is 14.3. The van der Waals surface area contributed by atoms with E-state index >= 15 is 0 Å². The van der Waals surface area contributed by atoms with Crippen molar-refractivity contribution in [3.8, 4) is 5.75 Å². The Morgan fingerprint density at radius 2 is 2.17 bits per heavy atom. The third kappa shape index (κ3) is 4.10. The van der Waals surface area contributed by atoms with Gasteiger partial charge in [0, 0.05) is 24.5 Å². The molecule has 3 N–H and O–H groups in total. The predicted molar refractivity (Wildman–Crippen MR) is 96.0 cm³/mol. The van der Waals surface area contributed by atoms with Gasteiger partial charge in [0.15, 0.2) is 0 Å². The standard InChI is InChI=1S/C19H29BN2O/c1-19(21,7-2-3-8-20)16-11-17(12-16)22-13-14-4-5-18-15(10-14)6-9-23-18/h4-5,10,16-17,22H,2-3,6-9,11-13,21H2,1H3. The Morgan fingerprint density at radius 3 is 2.96 bits per heavy atom. The first-order chi connectivity index (χ1) is 11.1. The SMILES string of the molecule is [B]CCCCC(C)(N)C1CC(NCc2ccc3c(c2)CCO3)C1. The lowest BCUT2D eigenvalue weighted by molar-refractivity contribution is 0.123. The van der Waals surface area contributed by atoms with Crippen molar-refractivity contribution in [2.45, 2.75) is 69.9 Å². The first-order valence-corrected chi connectivity index (χ1v) is 9.05. The Bertz CT molecular complexity index is 526. The Labute approximate surface area is 141 Å². The quantitative estimate of drug-likeness (QED) is 0.573. The molecule has 1 aromatic carbocycles. The molecule has 3 nitrogen and oxygen atoms in total. The fraction of sp³-hybridized carbons (Fsp3) is 0.684. The molecule has 1 fully saturated rings. The van der Waals surface area contributed by atoms with Crippen LogP contribution in [0.4, 0.5) is 0 Å². The average Bonchev–Trinajstić information content (AvgIpc) is 2.93. The van der Waals surface area contributed by atoms with Gasteiger partial charge in [-0.1, -0.05) is 31.3 Å². The largest absolute Gasteiger partial charge is 0.493 e. The molecule has 1 aliphatic heterocycles. The van der Waals surface area contributed by atoms with Crippen LogP contribution in [0.3, 0.4) is 0 Å². The Hall–Kier alpha value is -0.995. The molecule has 1 aliphatic carbocycles. The van der Waals surface area contributed by atoms with Gasteiger partial charge in [0.1, 0.15) is 5.75 Å². The van der Waals surface area contributed by atoms with E-state index in [9.17, 15) is 0 Å². The summed E-state index contributed by atoms with van der Waals surface area (Å²) in [6, 6.07) is 7.18. The maximum Gasteiger partial charge on any atom is 0.122 e. The van der Waals surface area contributed by atoms with E-state index < -0.39 is 0 Å². The first kappa shape index (κ1) is 16.8. The summed E-state index contributed by atoms with van der Waals surface area (Å²) in [5.41, 5.74) is 9.19. The number of benzene rings is 1. The second-order valence-corrected chi connectivity index (χ2v) is 7.54. The highest BCUT2D eigenvalue weighted by molar-refractivity contribution is 6.08.